The number of aromatic amines is 1. The number of H-pyrrole nitrogens is 1. The first-order chi connectivity index (χ1) is 11.1. The third-order valence-corrected chi connectivity index (χ3v) is 4.72. The zero-order valence-electron chi connectivity index (χ0n) is 13.2. The lowest BCUT2D eigenvalue weighted by Gasteiger charge is -2.08. The molecule has 0 fully saturated rings. The van der Waals surface area contributed by atoms with Gasteiger partial charge in [0.2, 0.25) is 0 Å². The van der Waals surface area contributed by atoms with Crippen LogP contribution >= 0.6 is 0 Å². The van der Waals surface area contributed by atoms with Crippen LogP contribution in [0.2, 0.25) is 0 Å². The Kier molecular flexibility index (Phi) is 3.03. The van der Waals surface area contributed by atoms with Crippen molar-refractivity contribution < 1.29 is 14.8 Å². The van der Waals surface area contributed by atoms with E-state index < -0.39 is 0 Å². The van der Waals surface area contributed by atoms with Crippen LogP contribution in [0, 0.1) is 13.8 Å². The maximum absolute atomic E-state index is 9.85. The highest BCUT2D eigenvalue weighted by Gasteiger charge is 2.16. The summed E-state index contributed by atoms with van der Waals surface area (Å²) in [6, 6.07) is 7.55. The number of rotatable bonds is 2. The molecule has 0 spiro atoms. The first-order valence-electron chi connectivity index (χ1n) is 7.77. The van der Waals surface area contributed by atoms with Gasteiger partial charge in [-0.25, -0.2) is 4.57 Å². The number of nitrogens with zero attached hydrogens (tertiary/aromatic N) is 1. The van der Waals surface area contributed by atoms with Crippen LogP contribution in [-0.2, 0) is 6.54 Å². The van der Waals surface area contributed by atoms with E-state index in [1.54, 1.807) is 6.07 Å². The van der Waals surface area contributed by atoms with Gasteiger partial charge in [-0.05, 0) is 48.6 Å². The van der Waals surface area contributed by atoms with Crippen molar-refractivity contribution >= 4 is 32.6 Å². The Hall–Kier alpha value is -2.59. The van der Waals surface area contributed by atoms with Crippen LogP contribution in [0.3, 0.4) is 0 Å². The summed E-state index contributed by atoms with van der Waals surface area (Å²) in [7, 11) is 0. The number of phenols is 1. The summed E-state index contributed by atoms with van der Waals surface area (Å²) >= 11 is 0. The first-order valence-corrected chi connectivity index (χ1v) is 7.77. The lowest BCUT2D eigenvalue weighted by atomic mass is 9.97. The molecule has 23 heavy (non-hydrogen) atoms. The minimum absolute atomic E-state index is 0.122. The van der Waals surface area contributed by atoms with Gasteiger partial charge in [-0.15, -0.1) is 0 Å². The number of hydrogen-bond acceptors (Lipinski definition) is 2. The minimum atomic E-state index is 0.122. The van der Waals surface area contributed by atoms with Crippen molar-refractivity contribution in [3.63, 3.8) is 0 Å². The average molecular weight is 307 g/mol. The molecule has 4 nitrogen and oxygen atoms in total. The number of aliphatic hydroxyl groups is 1. The van der Waals surface area contributed by atoms with Crippen molar-refractivity contribution in [2.24, 2.45) is 0 Å². The van der Waals surface area contributed by atoms with Crippen LogP contribution in [0.15, 0.2) is 36.7 Å². The smallest absolute Gasteiger partial charge is 0.177 e. The molecule has 0 atom stereocenters. The Morgan fingerprint density at radius 3 is 2.65 bits per heavy atom. The number of aliphatic hydroxyl groups excluding tert-OH is 1. The fraction of sp³-hybridized carbons (Fsp3) is 0.211. The second-order valence-corrected chi connectivity index (χ2v) is 6.09. The van der Waals surface area contributed by atoms with Crippen molar-refractivity contribution in [1.82, 2.24) is 4.98 Å². The fourth-order valence-electron chi connectivity index (χ4n) is 3.54. The predicted molar refractivity (Wildman–Crippen MR) is 91.7 cm³/mol. The summed E-state index contributed by atoms with van der Waals surface area (Å²) in [5.74, 6) is 0.277. The second kappa shape index (κ2) is 4.96. The highest BCUT2D eigenvalue weighted by molar-refractivity contribution is 6.16. The lowest BCUT2D eigenvalue weighted by molar-refractivity contribution is -0.696. The largest absolute Gasteiger partial charge is 0.508 e. The second-order valence-electron chi connectivity index (χ2n) is 6.09. The third kappa shape index (κ3) is 1.99. The summed E-state index contributed by atoms with van der Waals surface area (Å²) in [4.78, 5) is 3.49. The van der Waals surface area contributed by atoms with E-state index in [9.17, 15) is 10.2 Å². The standard InChI is InChI=1S/C19H18N2O2/c1-11-16-10-21(7-8-22)6-5-14(16)12(2)19-18(11)15-9-13(23)3-4-17(15)20-19/h3-6,9-10,22-23H,7-8H2,1-2H3/p+1. The molecule has 2 heterocycles. The number of phenolic OH excluding ortho intramolecular Hbond substituents is 1. The number of pyridine rings is 1. The number of aromatic nitrogens is 2. The van der Waals surface area contributed by atoms with Crippen LogP contribution in [0.25, 0.3) is 32.6 Å². The molecule has 4 heteroatoms. The molecule has 0 radical (unpaired) electrons. The maximum atomic E-state index is 9.85. The summed E-state index contributed by atoms with van der Waals surface area (Å²) < 4.78 is 2.01. The highest BCUT2D eigenvalue weighted by Crippen LogP contribution is 2.36. The molecule has 0 saturated heterocycles. The number of aromatic hydroxyl groups is 1. The van der Waals surface area contributed by atoms with E-state index in [0.717, 1.165) is 21.8 Å². The predicted octanol–water partition coefficient (Wildman–Crippen LogP) is 3.08. The maximum Gasteiger partial charge on any atom is 0.177 e. The van der Waals surface area contributed by atoms with Crippen molar-refractivity contribution in [3.05, 3.63) is 47.8 Å². The fourth-order valence-corrected chi connectivity index (χ4v) is 3.54. The van der Waals surface area contributed by atoms with Gasteiger partial charge in [0.05, 0.1) is 5.52 Å². The Morgan fingerprint density at radius 2 is 1.87 bits per heavy atom. The summed E-state index contributed by atoms with van der Waals surface area (Å²) in [6.07, 6.45) is 4.10. The van der Waals surface area contributed by atoms with E-state index in [1.165, 1.54) is 21.9 Å². The number of benzene rings is 2. The number of nitrogens with one attached hydrogen (secondary N) is 1. The summed E-state index contributed by atoms with van der Waals surface area (Å²) in [5.41, 5.74) is 4.54. The highest BCUT2D eigenvalue weighted by atomic mass is 16.3. The SMILES string of the molecule is Cc1c2cc[n+](CCO)cc2c(C)c2c1[nH]c1ccc(O)cc12. The Labute approximate surface area is 133 Å². The van der Waals surface area contributed by atoms with Gasteiger partial charge in [0, 0.05) is 27.7 Å². The van der Waals surface area contributed by atoms with Gasteiger partial charge in [0.15, 0.2) is 18.9 Å². The van der Waals surface area contributed by atoms with Crippen LogP contribution in [0.1, 0.15) is 11.1 Å². The van der Waals surface area contributed by atoms with E-state index in [1.807, 2.05) is 22.9 Å². The molecule has 116 valence electrons. The molecule has 0 aliphatic rings. The van der Waals surface area contributed by atoms with Crippen molar-refractivity contribution in [1.29, 1.82) is 0 Å². The molecule has 4 rings (SSSR count). The number of fused-ring (bicyclic) bond motifs is 4. The lowest BCUT2D eigenvalue weighted by Crippen LogP contribution is -2.34. The van der Waals surface area contributed by atoms with Crippen molar-refractivity contribution in [3.8, 4) is 5.75 Å². The zero-order chi connectivity index (χ0) is 16.1. The Morgan fingerprint density at radius 1 is 1.04 bits per heavy atom. The van der Waals surface area contributed by atoms with Gasteiger partial charge >= 0.3 is 0 Å². The van der Waals surface area contributed by atoms with Crippen LogP contribution in [0.4, 0.5) is 0 Å². The molecule has 4 aromatic rings. The topological polar surface area (TPSA) is 60.1 Å². The van der Waals surface area contributed by atoms with Crippen molar-refractivity contribution in [2.45, 2.75) is 20.4 Å². The van der Waals surface area contributed by atoms with Gasteiger partial charge in [-0.3, -0.25) is 0 Å². The van der Waals surface area contributed by atoms with Gasteiger partial charge in [-0.2, -0.15) is 0 Å². The molecule has 0 aliphatic carbocycles. The number of aryl methyl sites for hydroxylation is 2. The third-order valence-electron chi connectivity index (χ3n) is 4.72. The Bertz CT molecular complexity index is 1060. The van der Waals surface area contributed by atoms with E-state index in [-0.39, 0.29) is 12.4 Å². The van der Waals surface area contributed by atoms with Gasteiger partial charge in [0.1, 0.15) is 12.4 Å². The van der Waals surface area contributed by atoms with Gasteiger partial charge < -0.3 is 15.2 Å². The minimum Gasteiger partial charge on any atom is -0.508 e. The van der Waals surface area contributed by atoms with E-state index in [2.05, 4.69) is 31.1 Å². The molecule has 2 aromatic carbocycles. The average Bonchev–Trinajstić information content (AvgIpc) is 2.92. The van der Waals surface area contributed by atoms with Gasteiger partial charge in [0.25, 0.3) is 0 Å². The Balaban J connectivity index is 2.19. The number of hydrogen-bond donors (Lipinski definition) is 3. The normalized spacial score (nSPS) is 11.8. The molecule has 0 amide bonds. The van der Waals surface area contributed by atoms with Crippen LogP contribution in [0.5, 0.6) is 5.75 Å². The molecular weight excluding hydrogens is 288 g/mol. The van der Waals surface area contributed by atoms with Crippen LogP contribution in [-0.4, -0.2) is 21.8 Å². The molecule has 0 unspecified atom stereocenters. The molecule has 0 aliphatic heterocycles. The quantitative estimate of drug-likeness (QED) is 0.498. The monoisotopic (exact) mass is 307 g/mol. The molecule has 0 bridgehead atoms. The molecule has 0 saturated carbocycles. The summed E-state index contributed by atoms with van der Waals surface area (Å²) in [6.45, 7) is 4.94. The molecular formula is C19H19N2O2+. The zero-order valence-corrected chi connectivity index (χ0v) is 13.2. The van der Waals surface area contributed by atoms with Gasteiger partial charge in [-0.1, -0.05) is 0 Å². The molecule has 3 N–H and O–H groups in total. The first kappa shape index (κ1) is 14.0. The van der Waals surface area contributed by atoms with Crippen LogP contribution < -0.4 is 4.57 Å². The molecule has 2 aromatic heterocycles. The van der Waals surface area contributed by atoms with E-state index in [0.29, 0.717) is 6.54 Å². The van der Waals surface area contributed by atoms with Crippen molar-refractivity contribution in [2.75, 3.05) is 6.61 Å². The van der Waals surface area contributed by atoms with E-state index >= 15 is 0 Å². The summed E-state index contributed by atoms with van der Waals surface area (Å²) in [5, 5.41) is 23.6. The van der Waals surface area contributed by atoms with E-state index in [4.69, 9.17) is 0 Å².